The second-order valence-corrected chi connectivity index (χ2v) is 6.28. The Morgan fingerprint density at radius 2 is 1.76 bits per heavy atom. The van der Waals surface area contributed by atoms with E-state index in [9.17, 15) is 22.8 Å². The number of nitriles is 1. The van der Waals surface area contributed by atoms with Crippen molar-refractivity contribution in [2.75, 3.05) is 0 Å². The Hall–Kier alpha value is -1.38. The van der Waals surface area contributed by atoms with E-state index in [0.717, 1.165) is 0 Å². The van der Waals surface area contributed by atoms with Crippen LogP contribution < -0.4 is 0 Å². The summed E-state index contributed by atoms with van der Waals surface area (Å²) >= 11 is 0. The van der Waals surface area contributed by atoms with Crippen molar-refractivity contribution in [2.45, 2.75) is 45.2 Å². The zero-order valence-corrected chi connectivity index (χ0v) is 11.8. The van der Waals surface area contributed by atoms with Crippen LogP contribution in [0.3, 0.4) is 0 Å². The van der Waals surface area contributed by atoms with E-state index in [1.54, 1.807) is 13.0 Å². The number of rotatable bonds is 4. The second-order valence-electron chi connectivity index (χ2n) is 6.28. The number of nitrogens with zero attached hydrogens (tertiary/aromatic N) is 1. The summed E-state index contributed by atoms with van der Waals surface area (Å²) in [5, 5.41) is 9.07. The molecule has 0 heterocycles. The van der Waals surface area contributed by atoms with Crippen molar-refractivity contribution in [1.29, 1.82) is 5.26 Å². The molecule has 0 N–H and O–H groups in total. The van der Waals surface area contributed by atoms with Gasteiger partial charge in [-0.3, -0.25) is 9.59 Å². The highest BCUT2D eigenvalue weighted by atomic mass is 19.4. The molecule has 4 atom stereocenters. The van der Waals surface area contributed by atoms with Gasteiger partial charge < -0.3 is 0 Å². The van der Waals surface area contributed by atoms with Crippen LogP contribution in [0, 0.1) is 40.9 Å². The van der Waals surface area contributed by atoms with Crippen LogP contribution in [0.1, 0.15) is 39.0 Å². The standard InChI is InChI=1S/C15H18F3NO2/c1-8-6-10(15(16,17)18)4-5-11(8)14(21)12(7-19)13(20)9-2-3-9/h8-12H,2-6H2,1H3. The van der Waals surface area contributed by atoms with Gasteiger partial charge in [0.05, 0.1) is 12.0 Å². The van der Waals surface area contributed by atoms with Gasteiger partial charge in [-0.15, -0.1) is 0 Å². The van der Waals surface area contributed by atoms with E-state index >= 15 is 0 Å². The van der Waals surface area contributed by atoms with Crippen molar-refractivity contribution in [3.05, 3.63) is 0 Å². The molecule has 2 saturated carbocycles. The molecule has 0 amide bonds. The van der Waals surface area contributed by atoms with Crippen molar-refractivity contribution >= 4 is 11.6 Å². The summed E-state index contributed by atoms with van der Waals surface area (Å²) in [6.07, 6.45) is -2.90. The Morgan fingerprint density at radius 3 is 2.19 bits per heavy atom. The predicted octanol–water partition coefficient (Wildman–Crippen LogP) is 3.29. The predicted molar refractivity (Wildman–Crippen MR) is 67.9 cm³/mol. The Morgan fingerprint density at radius 1 is 1.14 bits per heavy atom. The number of carbonyl (C=O) groups is 2. The average Bonchev–Trinajstić information content (AvgIpc) is 3.22. The number of hydrogen-bond acceptors (Lipinski definition) is 3. The van der Waals surface area contributed by atoms with Gasteiger partial charge in [-0.25, -0.2) is 0 Å². The molecule has 2 fully saturated rings. The summed E-state index contributed by atoms with van der Waals surface area (Å²) in [5.74, 6) is -4.71. The van der Waals surface area contributed by atoms with Crippen molar-refractivity contribution in [3.63, 3.8) is 0 Å². The van der Waals surface area contributed by atoms with Gasteiger partial charge in [0.15, 0.2) is 17.5 Å². The quantitative estimate of drug-likeness (QED) is 0.749. The third-order valence-electron chi connectivity index (χ3n) is 4.68. The first-order valence-corrected chi connectivity index (χ1v) is 7.29. The summed E-state index contributed by atoms with van der Waals surface area (Å²) in [7, 11) is 0. The molecule has 0 radical (unpaired) electrons. The van der Waals surface area contributed by atoms with E-state index in [1.165, 1.54) is 0 Å². The van der Waals surface area contributed by atoms with Crippen LogP contribution in [0.15, 0.2) is 0 Å². The van der Waals surface area contributed by atoms with Crippen LogP contribution in [0.5, 0.6) is 0 Å². The zero-order chi connectivity index (χ0) is 15.8. The van der Waals surface area contributed by atoms with Crippen molar-refractivity contribution in [3.8, 4) is 6.07 Å². The third-order valence-corrected chi connectivity index (χ3v) is 4.68. The summed E-state index contributed by atoms with van der Waals surface area (Å²) in [5.41, 5.74) is 0. The summed E-state index contributed by atoms with van der Waals surface area (Å²) in [4.78, 5) is 24.3. The topological polar surface area (TPSA) is 57.9 Å². The molecule has 2 rings (SSSR count). The molecule has 0 bridgehead atoms. The first-order valence-electron chi connectivity index (χ1n) is 7.29. The highest BCUT2D eigenvalue weighted by molar-refractivity contribution is 6.07. The van der Waals surface area contributed by atoms with Crippen molar-refractivity contribution in [1.82, 2.24) is 0 Å². The van der Waals surface area contributed by atoms with E-state index < -0.39 is 35.6 Å². The van der Waals surface area contributed by atoms with E-state index in [4.69, 9.17) is 5.26 Å². The van der Waals surface area contributed by atoms with Gasteiger partial charge in [-0.05, 0) is 38.0 Å². The third kappa shape index (κ3) is 3.45. The van der Waals surface area contributed by atoms with Gasteiger partial charge in [0.2, 0.25) is 0 Å². The molecule has 2 aliphatic carbocycles. The number of hydrogen-bond donors (Lipinski definition) is 0. The fourth-order valence-electron chi connectivity index (χ4n) is 3.20. The molecular formula is C15H18F3NO2. The minimum absolute atomic E-state index is 0.0972. The second kappa shape index (κ2) is 5.78. The van der Waals surface area contributed by atoms with E-state index in [2.05, 4.69) is 0 Å². The number of ketones is 2. The molecule has 0 aromatic heterocycles. The average molecular weight is 301 g/mol. The van der Waals surface area contributed by atoms with E-state index in [1.807, 2.05) is 0 Å². The fraction of sp³-hybridized carbons (Fsp3) is 0.800. The minimum Gasteiger partial charge on any atom is -0.297 e. The van der Waals surface area contributed by atoms with Crippen molar-refractivity contribution < 1.29 is 22.8 Å². The maximum Gasteiger partial charge on any atom is 0.391 e. The molecule has 0 aliphatic heterocycles. The van der Waals surface area contributed by atoms with Gasteiger partial charge in [-0.2, -0.15) is 18.4 Å². The lowest BCUT2D eigenvalue weighted by Gasteiger charge is -2.34. The fourth-order valence-corrected chi connectivity index (χ4v) is 3.20. The van der Waals surface area contributed by atoms with Crippen LogP contribution in [0.4, 0.5) is 13.2 Å². The SMILES string of the molecule is CC1CC(C(F)(F)F)CCC1C(=O)C(C#N)C(=O)C1CC1. The molecule has 3 nitrogen and oxygen atoms in total. The van der Waals surface area contributed by atoms with Crippen LogP contribution in [-0.4, -0.2) is 17.7 Å². The summed E-state index contributed by atoms with van der Waals surface area (Å²) < 4.78 is 38.2. The first-order chi connectivity index (χ1) is 9.75. The lowest BCUT2D eigenvalue weighted by Crippen LogP contribution is -2.39. The summed E-state index contributed by atoms with van der Waals surface area (Å²) in [6, 6.07) is 1.76. The van der Waals surface area contributed by atoms with Crippen LogP contribution in [-0.2, 0) is 9.59 Å². The lowest BCUT2D eigenvalue weighted by atomic mass is 9.70. The highest BCUT2D eigenvalue weighted by Crippen LogP contribution is 2.43. The molecule has 2 aliphatic rings. The number of carbonyl (C=O) groups excluding carboxylic acids is 2. The van der Waals surface area contributed by atoms with Crippen LogP contribution in [0.2, 0.25) is 0 Å². The Balaban J connectivity index is 2.03. The molecule has 0 aromatic rings. The smallest absolute Gasteiger partial charge is 0.297 e. The van der Waals surface area contributed by atoms with Crippen LogP contribution >= 0.6 is 0 Å². The van der Waals surface area contributed by atoms with Crippen LogP contribution in [0.25, 0.3) is 0 Å². The number of Topliss-reactive ketones (excluding diaryl/α,β-unsaturated/α-hetero) is 2. The molecule has 4 unspecified atom stereocenters. The van der Waals surface area contributed by atoms with Crippen molar-refractivity contribution in [2.24, 2.45) is 29.6 Å². The molecule has 0 spiro atoms. The molecule has 116 valence electrons. The van der Waals surface area contributed by atoms with E-state index in [0.29, 0.717) is 12.8 Å². The molecule has 0 aromatic carbocycles. The molecule has 6 heteroatoms. The highest BCUT2D eigenvalue weighted by Gasteiger charge is 2.47. The molecular weight excluding hydrogens is 283 g/mol. The normalized spacial score (nSPS) is 31.3. The zero-order valence-electron chi connectivity index (χ0n) is 11.8. The minimum atomic E-state index is -4.24. The summed E-state index contributed by atoms with van der Waals surface area (Å²) in [6.45, 7) is 1.61. The maximum atomic E-state index is 12.7. The molecule has 0 saturated heterocycles. The number of halogens is 3. The van der Waals surface area contributed by atoms with Gasteiger partial charge in [0, 0.05) is 11.8 Å². The monoisotopic (exact) mass is 301 g/mol. The van der Waals surface area contributed by atoms with E-state index in [-0.39, 0.29) is 31.0 Å². The maximum absolute atomic E-state index is 12.7. The Bertz CT molecular complexity index is 476. The van der Waals surface area contributed by atoms with Gasteiger partial charge in [0.25, 0.3) is 0 Å². The first kappa shape index (κ1) is 16.0. The van der Waals surface area contributed by atoms with Gasteiger partial charge in [-0.1, -0.05) is 6.92 Å². The largest absolute Gasteiger partial charge is 0.391 e. The Labute approximate surface area is 121 Å². The van der Waals surface area contributed by atoms with Gasteiger partial charge >= 0.3 is 6.18 Å². The molecule has 21 heavy (non-hydrogen) atoms. The van der Waals surface area contributed by atoms with Gasteiger partial charge in [0.1, 0.15) is 0 Å². The lowest BCUT2D eigenvalue weighted by molar-refractivity contribution is -0.189. The number of alkyl halides is 3. The Kier molecular flexibility index (Phi) is 4.40.